The molecule has 1 fully saturated rings. The Hall–Kier alpha value is -1.01. The Labute approximate surface area is 91.5 Å². The quantitative estimate of drug-likeness (QED) is 0.717. The van der Waals surface area contributed by atoms with E-state index in [1.165, 1.54) is 0 Å². The van der Waals surface area contributed by atoms with Crippen molar-refractivity contribution in [2.24, 2.45) is 5.41 Å². The van der Waals surface area contributed by atoms with E-state index < -0.39 is 11.4 Å². The van der Waals surface area contributed by atoms with Crippen molar-refractivity contribution in [2.75, 3.05) is 19.6 Å². The zero-order chi connectivity index (χ0) is 11.3. The normalized spacial score (nSPS) is 26.8. The van der Waals surface area contributed by atoms with Crippen LogP contribution in [0.4, 0.5) is 0 Å². The molecule has 1 aliphatic rings. The third-order valence-corrected chi connectivity index (χ3v) is 3.27. The molecule has 1 rings (SSSR count). The van der Waals surface area contributed by atoms with Gasteiger partial charge in [-0.3, -0.25) is 9.69 Å². The molecule has 0 aromatic heterocycles. The van der Waals surface area contributed by atoms with Gasteiger partial charge in [-0.05, 0) is 32.7 Å². The second-order valence-electron chi connectivity index (χ2n) is 4.18. The highest BCUT2D eigenvalue weighted by Crippen LogP contribution is 2.33. The van der Waals surface area contributed by atoms with Crippen molar-refractivity contribution in [3.8, 4) is 11.8 Å². The molecular formula is C12H19NO2. The molecule has 1 saturated heterocycles. The number of carboxylic acids is 1. The van der Waals surface area contributed by atoms with Crippen molar-refractivity contribution in [1.82, 2.24) is 4.90 Å². The van der Waals surface area contributed by atoms with Gasteiger partial charge in [-0.25, -0.2) is 0 Å². The maximum Gasteiger partial charge on any atom is 0.310 e. The van der Waals surface area contributed by atoms with Crippen LogP contribution in [0.1, 0.15) is 33.1 Å². The SMILES string of the molecule is CC#CCN1CCCC(CC)(C(=O)O)C1. The van der Waals surface area contributed by atoms with E-state index in [0.29, 0.717) is 19.5 Å². The number of piperidine rings is 1. The van der Waals surface area contributed by atoms with Crippen LogP contribution in [0.25, 0.3) is 0 Å². The van der Waals surface area contributed by atoms with E-state index >= 15 is 0 Å². The lowest BCUT2D eigenvalue weighted by molar-refractivity contribution is -0.152. The molecule has 1 atom stereocenters. The first-order valence-corrected chi connectivity index (χ1v) is 5.50. The van der Waals surface area contributed by atoms with Crippen LogP contribution in [-0.2, 0) is 4.79 Å². The van der Waals surface area contributed by atoms with Gasteiger partial charge in [-0.2, -0.15) is 0 Å². The number of rotatable bonds is 3. The maximum absolute atomic E-state index is 11.3. The van der Waals surface area contributed by atoms with Crippen molar-refractivity contribution >= 4 is 5.97 Å². The highest BCUT2D eigenvalue weighted by atomic mass is 16.4. The molecule has 1 aliphatic heterocycles. The van der Waals surface area contributed by atoms with Crippen LogP contribution in [0.15, 0.2) is 0 Å². The molecule has 0 spiro atoms. The molecule has 1 N–H and O–H groups in total. The number of carboxylic acid groups (broad SMARTS) is 1. The largest absolute Gasteiger partial charge is 0.481 e. The Balaban J connectivity index is 2.67. The summed E-state index contributed by atoms with van der Waals surface area (Å²) in [5.74, 6) is 5.20. The minimum Gasteiger partial charge on any atom is -0.481 e. The summed E-state index contributed by atoms with van der Waals surface area (Å²) < 4.78 is 0. The van der Waals surface area contributed by atoms with Crippen LogP contribution in [-0.4, -0.2) is 35.6 Å². The highest BCUT2D eigenvalue weighted by Gasteiger charge is 2.40. The minimum atomic E-state index is -0.654. The van der Waals surface area contributed by atoms with Crippen molar-refractivity contribution in [2.45, 2.75) is 33.1 Å². The average Bonchev–Trinajstić information content (AvgIpc) is 2.26. The van der Waals surface area contributed by atoms with E-state index in [0.717, 1.165) is 19.4 Å². The molecule has 15 heavy (non-hydrogen) atoms. The molecular weight excluding hydrogens is 190 g/mol. The maximum atomic E-state index is 11.3. The summed E-state index contributed by atoms with van der Waals surface area (Å²) in [6, 6.07) is 0. The van der Waals surface area contributed by atoms with Gasteiger partial charge in [0.15, 0.2) is 0 Å². The number of hydrogen-bond donors (Lipinski definition) is 1. The molecule has 0 saturated carbocycles. The van der Waals surface area contributed by atoms with Gasteiger partial charge in [-0.15, -0.1) is 5.92 Å². The Morgan fingerprint density at radius 2 is 2.33 bits per heavy atom. The molecule has 0 radical (unpaired) electrons. The second-order valence-corrected chi connectivity index (χ2v) is 4.18. The Kier molecular flexibility index (Phi) is 4.16. The third kappa shape index (κ3) is 2.73. The molecule has 3 nitrogen and oxygen atoms in total. The summed E-state index contributed by atoms with van der Waals surface area (Å²) in [7, 11) is 0. The summed E-state index contributed by atoms with van der Waals surface area (Å²) in [4.78, 5) is 13.4. The molecule has 84 valence electrons. The lowest BCUT2D eigenvalue weighted by atomic mass is 9.78. The van der Waals surface area contributed by atoms with Crippen LogP contribution in [0.2, 0.25) is 0 Å². The smallest absolute Gasteiger partial charge is 0.310 e. The van der Waals surface area contributed by atoms with Crippen LogP contribution in [0.5, 0.6) is 0 Å². The van der Waals surface area contributed by atoms with Crippen LogP contribution in [0, 0.1) is 17.3 Å². The number of nitrogens with zero attached hydrogens (tertiary/aromatic N) is 1. The fourth-order valence-electron chi connectivity index (χ4n) is 2.17. The van der Waals surface area contributed by atoms with Crippen molar-refractivity contribution in [3.05, 3.63) is 0 Å². The van der Waals surface area contributed by atoms with Gasteiger partial charge in [0.05, 0.1) is 12.0 Å². The molecule has 1 heterocycles. The zero-order valence-corrected chi connectivity index (χ0v) is 9.55. The molecule has 0 aliphatic carbocycles. The van der Waals surface area contributed by atoms with E-state index in [4.69, 9.17) is 0 Å². The molecule has 0 aromatic carbocycles. The number of aliphatic carboxylic acids is 1. The van der Waals surface area contributed by atoms with E-state index in [-0.39, 0.29) is 0 Å². The van der Waals surface area contributed by atoms with Crippen molar-refractivity contribution in [3.63, 3.8) is 0 Å². The predicted molar refractivity (Wildman–Crippen MR) is 59.5 cm³/mol. The summed E-state index contributed by atoms with van der Waals surface area (Å²) in [6.07, 6.45) is 2.47. The topological polar surface area (TPSA) is 40.5 Å². The van der Waals surface area contributed by atoms with Crippen molar-refractivity contribution in [1.29, 1.82) is 0 Å². The molecule has 0 bridgehead atoms. The van der Waals surface area contributed by atoms with Gasteiger partial charge in [-0.1, -0.05) is 12.8 Å². The monoisotopic (exact) mass is 209 g/mol. The Bertz CT molecular complexity index is 290. The van der Waals surface area contributed by atoms with Crippen LogP contribution >= 0.6 is 0 Å². The molecule has 3 heteroatoms. The summed E-state index contributed by atoms with van der Waals surface area (Å²) in [5.41, 5.74) is -0.534. The lowest BCUT2D eigenvalue weighted by Crippen LogP contribution is -2.47. The minimum absolute atomic E-state index is 0.534. The first-order chi connectivity index (χ1) is 7.14. The predicted octanol–water partition coefficient (Wildman–Crippen LogP) is 1.59. The van der Waals surface area contributed by atoms with Crippen LogP contribution in [0.3, 0.4) is 0 Å². The van der Waals surface area contributed by atoms with Crippen molar-refractivity contribution < 1.29 is 9.90 Å². The second kappa shape index (κ2) is 5.18. The zero-order valence-electron chi connectivity index (χ0n) is 9.55. The van der Waals surface area contributed by atoms with Gasteiger partial charge in [0.1, 0.15) is 0 Å². The van der Waals surface area contributed by atoms with Gasteiger partial charge >= 0.3 is 5.97 Å². The fraction of sp³-hybridized carbons (Fsp3) is 0.750. The fourth-order valence-corrected chi connectivity index (χ4v) is 2.17. The van der Waals surface area contributed by atoms with E-state index in [2.05, 4.69) is 16.7 Å². The third-order valence-electron chi connectivity index (χ3n) is 3.27. The standard InChI is InChI=1S/C12H19NO2/c1-3-5-8-13-9-6-7-12(4-2,10-13)11(14)15/h4,6-10H2,1-2H3,(H,14,15). The Morgan fingerprint density at radius 1 is 1.60 bits per heavy atom. The molecule has 0 amide bonds. The van der Waals surface area contributed by atoms with E-state index in [1.54, 1.807) is 0 Å². The summed E-state index contributed by atoms with van der Waals surface area (Å²) in [6.45, 7) is 6.10. The Morgan fingerprint density at radius 3 is 2.87 bits per heavy atom. The molecule has 1 unspecified atom stereocenters. The van der Waals surface area contributed by atoms with Gasteiger partial charge in [0, 0.05) is 6.54 Å². The summed E-state index contributed by atoms with van der Waals surface area (Å²) >= 11 is 0. The summed E-state index contributed by atoms with van der Waals surface area (Å²) in [5, 5.41) is 9.27. The number of hydrogen-bond acceptors (Lipinski definition) is 2. The van der Waals surface area contributed by atoms with E-state index in [1.807, 2.05) is 13.8 Å². The first kappa shape index (κ1) is 12.1. The average molecular weight is 209 g/mol. The van der Waals surface area contributed by atoms with Gasteiger partial charge < -0.3 is 5.11 Å². The lowest BCUT2D eigenvalue weighted by Gasteiger charge is -2.38. The molecule has 0 aromatic rings. The van der Waals surface area contributed by atoms with Gasteiger partial charge in [0.2, 0.25) is 0 Å². The number of likely N-dealkylation sites (tertiary alicyclic amines) is 1. The van der Waals surface area contributed by atoms with Crippen LogP contribution < -0.4 is 0 Å². The number of carbonyl (C=O) groups is 1. The first-order valence-electron chi connectivity index (χ1n) is 5.50. The van der Waals surface area contributed by atoms with E-state index in [9.17, 15) is 9.90 Å². The highest BCUT2D eigenvalue weighted by molar-refractivity contribution is 5.75. The van der Waals surface area contributed by atoms with Gasteiger partial charge in [0.25, 0.3) is 0 Å².